The van der Waals surface area contributed by atoms with Gasteiger partial charge >= 0.3 is 0 Å². The molecule has 57 heavy (non-hydrogen) atoms. The molecule has 7 nitrogen and oxygen atoms in total. The Bertz CT molecular complexity index is 1860. The third-order valence-corrected chi connectivity index (χ3v) is 47.7. The van der Waals surface area contributed by atoms with Crippen molar-refractivity contribution in [3.05, 3.63) is 0 Å². The molecule has 2 bridgehead atoms. The molecule has 0 saturated carbocycles. The normalized spacial score (nSPS) is 38.9. The molecule has 330 valence electrons. The summed E-state index contributed by atoms with van der Waals surface area (Å²) in [6, 6.07) is 0.201. The van der Waals surface area contributed by atoms with Crippen molar-refractivity contribution in [2.45, 2.75) is 245 Å². The van der Waals surface area contributed by atoms with Crippen LogP contribution in [0.15, 0.2) is 28.5 Å². The first-order valence-corrected chi connectivity index (χ1v) is 34.6. The molecule has 0 aromatic carbocycles. The van der Waals surface area contributed by atoms with Gasteiger partial charge in [0.25, 0.3) is 6.72 Å². The van der Waals surface area contributed by atoms with E-state index in [1.807, 2.05) is 0 Å². The summed E-state index contributed by atoms with van der Waals surface area (Å²) in [7, 11) is -0.952. The maximum absolute atomic E-state index is 13.7. The van der Waals surface area contributed by atoms with E-state index in [4.69, 9.17) is 40.7 Å². The van der Waals surface area contributed by atoms with Gasteiger partial charge in [0.15, 0.2) is 0 Å². The van der Waals surface area contributed by atoms with Crippen LogP contribution in [0.1, 0.15) is 180 Å². The average Bonchev–Trinajstić information content (AvgIpc) is 2.91. The molecule has 0 radical (unpaired) electrons. The zero-order chi connectivity index (χ0) is 45.7. The largest absolute Gasteiger partial charge is 0.367 e. The van der Waals surface area contributed by atoms with Gasteiger partial charge in [-0.2, -0.15) is 0 Å². The lowest BCUT2D eigenvalue weighted by atomic mass is 9.91. The van der Waals surface area contributed by atoms with Crippen molar-refractivity contribution in [3.8, 4) is 0 Å². The van der Waals surface area contributed by atoms with Crippen molar-refractivity contribution in [2.24, 2.45) is 28.5 Å². The highest BCUT2D eigenvalue weighted by molar-refractivity contribution is 8.63. The number of thiol groups is 1. The van der Waals surface area contributed by atoms with Crippen molar-refractivity contribution < 1.29 is 4.89 Å². The average molecular weight is 920 g/mol. The predicted octanol–water partition coefficient (Wildman–Crippen LogP) is 12.9. The summed E-state index contributed by atoms with van der Waals surface area (Å²) in [6.07, 6.45) is -2.69. The monoisotopic (exact) mass is 921 g/mol. The minimum atomic E-state index is -3.20. The number of nitrogens with zero attached hydrogens (tertiary/aromatic N) is 6. The zero-order valence-corrected chi connectivity index (χ0v) is 49.1. The minimum Gasteiger partial charge on any atom is -0.367 e. The van der Waals surface area contributed by atoms with E-state index >= 15 is 0 Å². The van der Waals surface area contributed by atoms with Crippen LogP contribution in [-0.2, 0) is 0 Å². The summed E-state index contributed by atoms with van der Waals surface area (Å²) >= 11 is 5.85. The van der Waals surface area contributed by atoms with E-state index in [0.717, 1.165) is 13.4 Å². The van der Waals surface area contributed by atoms with E-state index in [9.17, 15) is 4.89 Å². The Balaban J connectivity index is 3.62. The van der Waals surface area contributed by atoms with E-state index < -0.39 is 69.0 Å². The van der Waals surface area contributed by atoms with Gasteiger partial charge in [0.2, 0.25) is 13.4 Å². The highest BCUT2D eigenvalue weighted by Gasteiger charge is 2.58. The van der Waals surface area contributed by atoms with Gasteiger partial charge < -0.3 is 23.9 Å². The van der Waals surface area contributed by atoms with Crippen molar-refractivity contribution in [2.75, 3.05) is 0 Å². The maximum Gasteiger partial charge on any atom is 0.269 e. The second kappa shape index (κ2) is 16.5. The molecule has 8 atom stereocenters. The minimum absolute atomic E-state index is 0.0572. The van der Waals surface area contributed by atoms with Crippen LogP contribution in [0.4, 0.5) is 0 Å². The highest BCUT2D eigenvalue weighted by atomic mass is 32.7. The highest BCUT2D eigenvalue weighted by Crippen LogP contribution is 2.80. The summed E-state index contributed by atoms with van der Waals surface area (Å²) in [5.74, 6) is 0. The Hall–Kier alpha value is 2.01. The van der Waals surface area contributed by atoms with Crippen LogP contribution in [0.3, 0.4) is 0 Å². The van der Waals surface area contributed by atoms with Gasteiger partial charge in [-0.3, -0.25) is 9.49 Å². The molecular weight excluding hydrogens is 828 g/mol. The number of hydrogen-bond donors (Lipinski definition) is 2. The van der Waals surface area contributed by atoms with Gasteiger partial charge in [-0.15, -0.1) is 12.2 Å². The van der Waals surface area contributed by atoms with Gasteiger partial charge in [0.1, 0.15) is 15.1 Å². The Morgan fingerprint density at radius 2 is 1.14 bits per heavy atom. The van der Waals surface area contributed by atoms with E-state index in [2.05, 4.69) is 195 Å². The van der Waals surface area contributed by atoms with Crippen LogP contribution in [0.2, 0.25) is 0 Å². The van der Waals surface area contributed by atoms with Crippen LogP contribution in [0.5, 0.6) is 0 Å². The summed E-state index contributed by atoms with van der Waals surface area (Å²) in [5.41, 5.74) is -2.00. The molecule has 0 aliphatic carbocycles. The molecule has 2 rings (SSSR count). The maximum atomic E-state index is 13.7. The lowest BCUT2D eigenvalue weighted by molar-refractivity contribution is 0.384. The molecule has 0 aromatic rings. The molecule has 2 aliphatic heterocycles. The molecule has 2 heterocycles. The van der Waals surface area contributed by atoms with Crippen molar-refractivity contribution in [3.63, 3.8) is 0 Å². The number of fused-ring (bicyclic) bond motifs is 2. The molecule has 1 N–H and O–H groups in total. The van der Waals surface area contributed by atoms with Crippen LogP contribution in [0.25, 0.3) is 0 Å². The second-order valence-corrected chi connectivity index (χ2v) is 49.2. The van der Waals surface area contributed by atoms with Crippen LogP contribution in [-0.4, -0.2) is 105 Å². The van der Waals surface area contributed by atoms with Gasteiger partial charge in [-0.05, 0) is 93.4 Å². The first-order chi connectivity index (χ1) is 24.5. The second-order valence-electron chi connectivity index (χ2n) is 25.5. The van der Waals surface area contributed by atoms with E-state index in [1.54, 1.807) is 0 Å². The van der Waals surface area contributed by atoms with E-state index in [0.29, 0.717) is 6.72 Å². The summed E-state index contributed by atoms with van der Waals surface area (Å²) < 4.78 is 36.0. The Morgan fingerprint density at radius 3 is 1.54 bits per heavy atom. The smallest absolute Gasteiger partial charge is 0.269 e. The van der Waals surface area contributed by atoms with Crippen LogP contribution < -0.4 is 0 Å². The third-order valence-electron chi connectivity index (χ3n) is 15.1. The molecule has 2 aliphatic rings. The molecule has 19 heteroatoms. The van der Waals surface area contributed by atoms with Gasteiger partial charge in [-0.1, -0.05) is 126 Å². The molecule has 8 unspecified atom stereocenters. The number of hydrogen-bond acceptors (Lipinski definition) is 6. The molecule has 0 aromatic heterocycles. The molecule has 0 spiro atoms. The third kappa shape index (κ3) is 11.1. The molecular formula is C38H91B5N6OP6S. The SMILES string of the molecule is BP1(C(C)(C)C)=NC(C)C(C)(C)/[PH]2=N/C(C)(C)C(C)(C)P(O)(=NC(C)(C)C)BP(S)(=NC(C)(C)C)C(C)(C)C(C)(C)N=P(B)(B2)C(C)(C)C(C)/N=[PH](\C(C)(C)C)B1. The van der Waals surface area contributed by atoms with Gasteiger partial charge in [-0.25, -0.2) is 0 Å². The lowest BCUT2D eigenvalue weighted by Crippen LogP contribution is -2.49. The first kappa shape index (κ1) is 55.1. The first-order valence-electron chi connectivity index (χ1n) is 21.6. The summed E-state index contributed by atoms with van der Waals surface area (Å²) in [4.78, 5) is 13.7. The van der Waals surface area contributed by atoms with Gasteiger partial charge in [0, 0.05) is 26.8 Å². The molecule has 0 fully saturated rings. The number of rotatable bonds is 0. The van der Waals surface area contributed by atoms with Crippen molar-refractivity contribution in [1.82, 2.24) is 0 Å². The summed E-state index contributed by atoms with van der Waals surface area (Å²) in [5, 5.41) is -1.41. The quantitative estimate of drug-likeness (QED) is 0.141. The van der Waals surface area contributed by atoms with E-state index in [-0.39, 0.29) is 38.2 Å². The Morgan fingerprint density at radius 1 is 0.684 bits per heavy atom. The van der Waals surface area contributed by atoms with Gasteiger partial charge in [0.05, 0.1) is 41.4 Å². The fourth-order valence-corrected chi connectivity index (χ4v) is 40.9. The predicted molar refractivity (Wildman–Crippen MR) is 291 cm³/mol. The zero-order valence-electron chi connectivity index (χ0n) is 42.6. The molecule has 0 amide bonds. The standard InChI is InChI=1S/C38H91B5N6OP6S/c1-27-33(15,16)52-42-54(40,34(17,18)28(2)44-51(31(9,10)11)41-53(39,45-27)32(12,13)14)49-36(21,22)38(25,26)56(57,48-30(6,7)8)43-55(50,47-29(3,4)5)37(23,24)35(19,20)46-52/h27-28,41-43,50-52,57H,39-40H2,1-26H3. The topological polar surface area (TPSA) is 94.4 Å². The molecule has 0 saturated heterocycles. The van der Waals surface area contributed by atoms with Crippen LogP contribution >= 0.6 is 54.4 Å². The fraction of sp³-hybridized carbons (Fsp3) is 1.00. The summed E-state index contributed by atoms with van der Waals surface area (Å²) in [6.45, 7) is 59.2. The Kier molecular flexibility index (Phi) is 15.9. The van der Waals surface area contributed by atoms with Crippen molar-refractivity contribution >= 4 is 89.6 Å². The van der Waals surface area contributed by atoms with Crippen molar-refractivity contribution in [1.29, 1.82) is 0 Å². The Labute approximate surface area is 366 Å². The van der Waals surface area contributed by atoms with E-state index in [1.165, 1.54) is 0 Å². The fourth-order valence-electron chi connectivity index (χ4n) is 7.78. The van der Waals surface area contributed by atoms with Crippen LogP contribution in [0, 0.1) is 0 Å². The lowest BCUT2D eigenvalue weighted by Gasteiger charge is -2.55.